The molecule has 66 valence electrons. The maximum atomic E-state index is 9.42. The molecule has 13 heavy (non-hydrogen) atoms. The van der Waals surface area contributed by atoms with E-state index in [-0.39, 0.29) is 5.75 Å². The molecular weight excluding hydrogens is 168 g/mol. The number of hydrogen-bond donors (Lipinski definition) is 1. The number of aromatic hydroxyl groups is 1. The molecule has 4 heteroatoms. The molecule has 1 aromatic heterocycles. The first kappa shape index (κ1) is 7.79. The number of fused-ring (bicyclic) bond motifs is 1. The van der Waals surface area contributed by atoms with Gasteiger partial charge in [0.1, 0.15) is 0 Å². The van der Waals surface area contributed by atoms with Crippen molar-refractivity contribution in [2.45, 2.75) is 0 Å². The molecule has 0 aliphatic carbocycles. The molecule has 0 spiro atoms. The molecule has 4 nitrogen and oxygen atoms in total. The van der Waals surface area contributed by atoms with Gasteiger partial charge in [-0.3, -0.25) is 9.97 Å². The van der Waals surface area contributed by atoms with Crippen molar-refractivity contribution in [1.29, 1.82) is 0 Å². The molecule has 1 N–H and O–H groups in total. The van der Waals surface area contributed by atoms with Crippen molar-refractivity contribution < 1.29 is 9.84 Å². The van der Waals surface area contributed by atoms with E-state index in [9.17, 15) is 5.11 Å². The van der Waals surface area contributed by atoms with Crippen LogP contribution in [0.1, 0.15) is 0 Å². The molecule has 0 saturated carbocycles. The molecule has 0 atom stereocenters. The van der Waals surface area contributed by atoms with E-state index in [1.807, 2.05) is 0 Å². The van der Waals surface area contributed by atoms with Crippen molar-refractivity contribution in [3.63, 3.8) is 0 Å². The minimum absolute atomic E-state index is 0.0792. The van der Waals surface area contributed by atoms with Crippen molar-refractivity contribution in [1.82, 2.24) is 9.97 Å². The van der Waals surface area contributed by atoms with E-state index in [0.29, 0.717) is 16.8 Å². The van der Waals surface area contributed by atoms with Crippen LogP contribution in [-0.2, 0) is 0 Å². The Morgan fingerprint density at radius 1 is 1.15 bits per heavy atom. The number of nitrogens with zero attached hydrogens (tertiary/aromatic N) is 2. The number of methoxy groups -OCH3 is 1. The van der Waals surface area contributed by atoms with Gasteiger partial charge in [0, 0.05) is 24.5 Å². The number of ether oxygens (including phenoxy) is 1. The van der Waals surface area contributed by atoms with Crippen LogP contribution in [0.2, 0.25) is 0 Å². The molecule has 0 saturated heterocycles. The van der Waals surface area contributed by atoms with Crippen LogP contribution in [-0.4, -0.2) is 22.2 Å². The van der Waals surface area contributed by atoms with Crippen LogP contribution < -0.4 is 4.74 Å². The fraction of sp³-hybridized carbons (Fsp3) is 0.111. The first-order valence-electron chi connectivity index (χ1n) is 3.79. The fourth-order valence-electron chi connectivity index (χ4n) is 1.14. The second-order valence-corrected chi connectivity index (χ2v) is 2.57. The number of rotatable bonds is 1. The van der Waals surface area contributed by atoms with Gasteiger partial charge in [0.25, 0.3) is 0 Å². The van der Waals surface area contributed by atoms with Crippen molar-refractivity contribution >= 4 is 11.0 Å². The lowest BCUT2D eigenvalue weighted by Gasteiger charge is -2.03. The Labute approximate surface area is 74.8 Å². The summed E-state index contributed by atoms with van der Waals surface area (Å²) in [6.07, 6.45) is 3.17. The van der Waals surface area contributed by atoms with Gasteiger partial charge in [0.15, 0.2) is 11.5 Å². The molecule has 0 unspecified atom stereocenters. The van der Waals surface area contributed by atoms with E-state index in [1.165, 1.54) is 13.2 Å². The number of benzene rings is 1. The monoisotopic (exact) mass is 176 g/mol. The lowest BCUT2D eigenvalue weighted by Crippen LogP contribution is -1.86. The summed E-state index contributed by atoms with van der Waals surface area (Å²) in [4.78, 5) is 8.12. The predicted molar refractivity (Wildman–Crippen MR) is 47.8 cm³/mol. The summed E-state index contributed by atoms with van der Waals surface area (Å²) in [7, 11) is 1.50. The summed E-state index contributed by atoms with van der Waals surface area (Å²) in [6.45, 7) is 0. The summed E-state index contributed by atoms with van der Waals surface area (Å²) >= 11 is 0. The minimum atomic E-state index is 0.0792. The highest BCUT2D eigenvalue weighted by Crippen LogP contribution is 2.28. The van der Waals surface area contributed by atoms with Crippen LogP contribution in [0.4, 0.5) is 0 Å². The average molecular weight is 176 g/mol. The van der Waals surface area contributed by atoms with Crippen LogP contribution in [0, 0.1) is 0 Å². The lowest BCUT2D eigenvalue weighted by atomic mass is 10.2. The van der Waals surface area contributed by atoms with Gasteiger partial charge in [-0.2, -0.15) is 0 Å². The molecule has 0 aliphatic heterocycles. The zero-order valence-electron chi connectivity index (χ0n) is 7.06. The van der Waals surface area contributed by atoms with Crippen LogP contribution in [0.5, 0.6) is 11.5 Å². The summed E-state index contributed by atoms with van der Waals surface area (Å²) in [5, 5.41) is 9.42. The lowest BCUT2D eigenvalue weighted by molar-refractivity contribution is 0.374. The van der Waals surface area contributed by atoms with Crippen LogP contribution in [0.15, 0.2) is 24.5 Å². The predicted octanol–water partition coefficient (Wildman–Crippen LogP) is 1.34. The largest absolute Gasteiger partial charge is 0.504 e. The van der Waals surface area contributed by atoms with Crippen LogP contribution in [0.3, 0.4) is 0 Å². The highest BCUT2D eigenvalue weighted by atomic mass is 16.5. The summed E-state index contributed by atoms with van der Waals surface area (Å²) in [5.41, 5.74) is 1.36. The van der Waals surface area contributed by atoms with E-state index >= 15 is 0 Å². The normalized spacial score (nSPS) is 10.2. The maximum Gasteiger partial charge on any atom is 0.162 e. The summed E-state index contributed by atoms with van der Waals surface area (Å²) in [5.74, 6) is 0.489. The molecule has 2 aromatic rings. The molecule has 1 aromatic carbocycles. The maximum absolute atomic E-state index is 9.42. The molecule has 0 aliphatic rings. The third kappa shape index (κ3) is 1.26. The number of phenols is 1. The molecule has 2 rings (SSSR count). The molecule has 0 fully saturated rings. The Bertz CT molecular complexity index is 443. The van der Waals surface area contributed by atoms with E-state index in [4.69, 9.17) is 4.74 Å². The van der Waals surface area contributed by atoms with Gasteiger partial charge in [0.2, 0.25) is 0 Å². The Hall–Kier alpha value is -1.84. The summed E-state index contributed by atoms with van der Waals surface area (Å²) < 4.78 is 4.94. The molecule has 0 bridgehead atoms. The number of hydrogen-bond acceptors (Lipinski definition) is 4. The second kappa shape index (κ2) is 2.90. The van der Waals surface area contributed by atoms with Gasteiger partial charge in [-0.1, -0.05) is 0 Å². The second-order valence-electron chi connectivity index (χ2n) is 2.57. The zero-order valence-corrected chi connectivity index (χ0v) is 7.06. The van der Waals surface area contributed by atoms with E-state index in [2.05, 4.69) is 9.97 Å². The summed E-state index contributed by atoms with van der Waals surface area (Å²) in [6, 6.07) is 3.18. The topological polar surface area (TPSA) is 55.2 Å². The fourth-order valence-corrected chi connectivity index (χ4v) is 1.14. The molecular formula is C9H8N2O2. The average Bonchev–Trinajstić information content (AvgIpc) is 2.17. The van der Waals surface area contributed by atoms with Gasteiger partial charge in [-0.25, -0.2) is 0 Å². The number of aromatic nitrogens is 2. The first-order chi connectivity index (χ1) is 6.31. The zero-order chi connectivity index (χ0) is 9.26. The van der Waals surface area contributed by atoms with Gasteiger partial charge in [-0.05, 0) is 0 Å². The highest BCUT2D eigenvalue weighted by molar-refractivity contribution is 5.78. The van der Waals surface area contributed by atoms with Crippen LogP contribution >= 0.6 is 0 Å². The molecule has 1 heterocycles. The molecule has 0 radical (unpaired) electrons. The smallest absolute Gasteiger partial charge is 0.162 e. The Morgan fingerprint density at radius 2 is 1.77 bits per heavy atom. The van der Waals surface area contributed by atoms with Gasteiger partial charge >= 0.3 is 0 Å². The van der Waals surface area contributed by atoms with Crippen molar-refractivity contribution in [3.05, 3.63) is 24.5 Å². The van der Waals surface area contributed by atoms with Crippen molar-refractivity contribution in [2.24, 2.45) is 0 Å². The van der Waals surface area contributed by atoms with Gasteiger partial charge in [0.05, 0.1) is 18.1 Å². The minimum Gasteiger partial charge on any atom is -0.504 e. The third-order valence-corrected chi connectivity index (χ3v) is 1.77. The van der Waals surface area contributed by atoms with Gasteiger partial charge < -0.3 is 9.84 Å². The Morgan fingerprint density at radius 3 is 2.38 bits per heavy atom. The quantitative estimate of drug-likeness (QED) is 0.712. The number of phenolic OH excluding ortho intramolecular Hbond substituents is 1. The molecule has 0 amide bonds. The first-order valence-corrected chi connectivity index (χ1v) is 3.79. The van der Waals surface area contributed by atoms with E-state index < -0.39 is 0 Å². The Kier molecular flexibility index (Phi) is 1.73. The third-order valence-electron chi connectivity index (χ3n) is 1.77. The van der Waals surface area contributed by atoms with Crippen LogP contribution in [0.25, 0.3) is 11.0 Å². The Balaban J connectivity index is 2.74. The van der Waals surface area contributed by atoms with Crippen molar-refractivity contribution in [2.75, 3.05) is 7.11 Å². The highest BCUT2D eigenvalue weighted by Gasteiger charge is 2.04. The SMILES string of the molecule is COc1cc2nccnc2cc1O. The van der Waals surface area contributed by atoms with Crippen molar-refractivity contribution in [3.8, 4) is 11.5 Å². The van der Waals surface area contributed by atoms with E-state index in [0.717, 1.165) is 0 Å². The van der Waals surface area contributed by atoms with E-state index in [1.54, 1.807) is 18.5 Å². The van der Waals surface area contributed by atoms with Gasteiger partial charge in [-0.15, -0.1) is 0 Å². The standard InChI is InChI=1S/C9H8N2O2/c1-13-9-5-7-6(4-8(9)12)10-2-3-11-7/h2-5,12H,1H3.